The zero-order valence-electron chi connectivity index (χ0n) is 15.8. The third-order valence-electron chi connectivity index (χ3n) is 5.11. The number of carbonyl (C=O) groups is 2. The van der Waals surface area contributed by atoms with Crippen molar-refractivity contribution in [2.45, 2.75) is 37.8 Å². The van der Waals surface area contributed by atoms with Crippen LogP contribution in [0.25, 0.3) is 0 Å². The lowest BCUT2D eigenvalue weighted by Gasteiger charge is -2.26. The minimum absolute atomic E-state index is 0.0210. The van der Waals surface area contributed by atoms with Crippen molar-refractivity contribution in [1.29, 1.82) is 0 Å². The molecule has 0 bridgehead atoms. The van der Waals surface area contributed by atoms with Crippen LogP contribution in [0.1, 0.15) is 35.2 Å². The number of amides is 2. The van der Waals surface area contributed by atoms with Crippen LogP contribution in [-0.4, -0.2) is 41.9 Å². The van der Waals surface area contributed by atoms with Crippen LogP contribution in [0.3, 0.4) is 0 Å². The number of hydrogen-bond acceptors (Lipinski definition) is 3. The Balaban J connectivity index is 1.51. The predicted molar refractivity (Wildman–Crippen MR) is 111 cm³/mol. The van der Waals surface area contributed by atoms with Crippen molar-refractivity contribution < 1.29 is 9.59 Å². The number of rotatable bonds is 7. The normalized spacial score (nSPS) is 17.4. The van der Waals surface area contributed by atoms with Crippen LogP contribution in [0.4, 0.5) is 0 Å². The minimum atomic E-state index is -0.285. The molecular formula is C22H26ClN3O2. The molecule has 1 aliphatic rings. The zero-order chi connectivity index (χ0) is 19.9. The molecule has 2 aromatic carbocycles. The number of likely N-dealkylation sites (tertiary alicyclic amines) is 1. The first kappa shape index (κ1) is 20.4. The quantitative estimate of drug-likeness (QED) is 0.751. The Hall–Kier alpha value is -2.37. The molecule has 1 heterocycles. The summed E-state index contributed by atoms with van der Waals surface area (Å²) in [6, 6.07) is 16.4. The second kappa shape index (κ2) is 9.71. The predicted octanol–water partition coefficient (Wildman–Crippen LogP) is 3.02. The van der Waals surface area contributed by atoms with Crippen molar-refractivity contribution in [2.75, 3.05) is 13.1 Å². The maximum atomic E-state index is 12.8. The summed E-state index contributed by atoms with van der Waals surface area (Å²) in [7, 11) is 0. The molecular weight excluding hydrogens is 374 g/mol. The number of benzene rings is 2. The molecule has 28 heavy (non-hydrogen) atoms. The molecule has 3 N–H and O–H groups in total. The third-order valence-corrected chi connectivity index (χ3v) is 5.48. The molecule has 148 valence electrons. The largest absolute Gasteiger partial charge is 0.350 e. The van der Waals surface area contributed by atoms with E-state index in [0.717, 1.165) is 18.4 Å². The second-order valence-electron chi connectivity index (χ2n) is 7.22. The van der Waals surface area contributed by atoms with Gasteiger partial charge in [-0.15, -0.1) is 0 Å². The van der Waals surface area contributed by atoms with Gasteiger partial charge < -0.3 is 16.0 Å². The van der Waals surface area contributed by atoms with Crippen LogP contribution in [-0.2, 0) is 11.2 Å². The fourth-order valence-corrected chi connectivity index (χ4v) is 3.85. The van der Waals surface area contributed by atoms with Crippen LogP contribution < -0.4 is 11.1 Å². The van der Waals surface area contributed by atoms with Gasteiger partial charge in [-0.05, 0) is 43.0 Å². The highest BCUT2D eigenvalue weighted by Gasteiger charge is 2.29. The molecule has 2 atom stereocenters. The Kier molecular flexibility index (Phi) is 7.06. The molecule has 0 radical (unpaired) electrons. The summed E-state index contributed by atoms with van der Waals surface area (Å²) in [5.74, 6) is -0.0775. The summed E-state index contributed by atoms with van der Waals surface area (Å²) < 4.78 is 0. The second-order valence-corrected chi connectivity index (χ2v) is 7.63. The molecule has 0 saturated carbocycles. The topological polar surface area (TPSA) is 75.4 Å². The van der Waals surface area contributed by atoms with Gasteiger partial charge in [0, 0.05) is 42.2 Å². The monoisotopic (exact) mass is 399 g/mol. The number of halogens is 1. The van der Waals surface area contributed by atoms with Crippen LogP contribution in [0.2, 0.25) is 5.02 Å². The van der Waals surface area contributed by atoms with Crippen LogP contribution in [0.15, 0.2) is 54.6 Å². The van der Waals surface area contributed by atoms with Gasteiger partial charge in [-0.25, -0.2) is 0 Å². The van der Waals surface area contributed by atoms with Gasteiger partial charge in [-0.2, -0.15) is 0 Å². The highest BCUT2D eigenvalue weighted by atomic mass is 35.5. The van der Waals surface area contributed by atoms with Crippen LogP contribution >= 0.6 is 11.6 Å². The van der Waals surface area contributed by atoms with Gasteiger partial charge in [0.05, 0.1) is 0 Å². The Morgan fingerprint density at radius 3 is 2.61 bits per heavy atom. The van der Waals surface area contributed by atoms with Crippen molar-refractivity contribution in [3.05, 3.63) is 70.7 Å². The number of nitrogens with zero attached hydrogens (tertiary/aromatic N) is 1. The number of hydrogen-bond donors (Lipinski definition) is 2. The molecule has 2 aromatic rings. The average Bonchev–Trinajstić information content (AvgIpc) is 3.17. The van der Waals surface area contributed by atoms with Gasteiger partial charge >= 0.3 is 0 Å². The van der Waals surface area contributed by atoms with Gasteiger partial charge in [-0.1, -0.05) is 48.0 Å². The lowest BCUT2D eigenvalue weighted by Crippen LogP contribution is -2.45. The Morgan fingerprint density at radius 2 is 1.86 bits per heavy atom. The molecule has 0 aliphatic carbocycles. The smallest absolute Gasteiger partial charge is 0.251 e. The fourth-order valence-electron chi connectivity index (χ4n) is 3.64. The summed E-state index contributed by atoms with van der Waals surface area (Å²) in [6.45, 7) is 1.17. The molecule has 1 saturated heterocycles. The van der Waals surface area contributed by atoms with E-state index >= 15 is 0 Å². The number of nitrogens with two attached hydrogens (primary N) is 1. The van der Waals surface area contributed by atoms with E-state index in [4.69, 9.17) is 17.3 Å². The third kappa shape index (κ3) is 5.33. The first-order valence-corrected chi connectivity index (χ1v) is 10.0. The highest BCUT2D eigenvalue weighted by molar-refractivity contribution is 6.31. The maximum Gasteiger partial charge on any atom is 0.251 e. The van der Waals surface area contributed by atoms with Gasteiger partial charge in [0.2, 0.25) is 5.91 Å². The lowest BCUT2D eigenvalue weighted by atomic mass is 10.0. The molecule has 0 spiro atoms. The first-order valence-electron chi connectivity index (χ1n) is 9.66. The van der Waals surface area contributed by atoms with Crippen molar-refractivity contribution in [1.82, 2.24) is 10.2 Å². The molecule has 0 aromatic heterocycles. The molecule has 5 nitrogen and oxygen atoms in total. The zero-order valence-corrected chi connectivity index (χ0v) is 16.6. The van der Waals surface area contributed by atoms with E-state index in [-0.39, 0.29) is 30.3 Å². The summed E-state index contributed by atoms with van der Waals surface area (Å²) >= 11 is 6.19. The van der Waals surface area contributed by atoms with Crippen LogP contribution in [0, 0.1) is 0 Å². The SMILES string of the molecule is NC(CC(=O)N1CCC[C@H]1CNC(=O)c1ccccc1)Cc1ccccc1Cl. The van der Waals surface area contributed by atoms with Crippen molar-refractivity contribution in [2.24, 2.45) is 5.73 Å². The van der Waals surface area contributed by atoms with E-state index in [1.807, 2.05) is 47.4 Å². The Bertz CT molecular complexity index is 812. The summed E-state index contributed by atoms with van der Waals surface area (Å²) in [5, 5.41) is 3.62. The van der Waals surface area contributed by atoms with Gasteiger partial charge in [-0.3, -0.25) is 9.59 Å². The van der Waals surface area contributed by atoms with E-state index in [1.165, 1.54) is 0 Å². The first-order chi connectivity index (χ1) is 13.5. The van der Waals surface area contributed by atoms with E-state index in [9.17, 15) is 9.59 Å². The standard InChI is InChI=1S/C22H26ClN3O2/c23-20-11-5-4-9-17(20)13-18(24)14-21(27)26-12-6-10-19(26)15-25-22(28)16-7-2-1-3-8-16/h1-5,7-9,11,18-19H,6,10,12-15,24H2,(H,25,28)/t18?,19-/m0/s1. The summed E-state index contributed by atoms with van der Waals surface area (Å²) in [6.07, 6.45) is 2.67. The van der Waals surface area contributed by atoms with Crippen molar-refractivity contribution in [3.8, 4) is 0 Å². The van der Waals surface area contributed by atoms with E-state index in [2.05, 4.69) is 5.32 Å². The Morgan fingerprint density at radius 1 is 1.14 bits per heavy atom. The van der Waals surface area contributed by atoms with Crippen LogP contribution in [0.5, 0.6) is 0 Å². The van der Waals surface area contributed by atoms with E-state index in [0.29, 0.717) is 30.1 Å². The summed E-state index contributed by atoms with van der Waals surface area (Å²) in [5.41, 5.74) is 7.79. The van der Waals surface area contributed by atoms with Crippen molar-refractivity contribution >= 4 is 23.4 Å². The number of nitrogens with one attached hydrogen (secondary N) is 1. The number of carbonyl (C=O) groups excluding carboxylic acids is 2. The van der Waals surface area contributed by atoms with Gasteiger partial charge in [0.15, 0.2) is 0 Å². The average molecular weight is 400 g/mol. The molecule has 3 rings (SSSR count). The molecule has 2 amide bonds. The Labute approximate surface area is 170 Å². The lowest BCUT2D eigenvalue weighted by molar-refractivity contribution is -0.132. The van der Waals surface area contributed by atoms with Gasteiger partial charge in [0.1, 0.15) is 0 Å². The molecule has 1 fully saturated rings. The minimum Gasteiger partial charge on any atom is -0.350 e. The fraction of sp³-hybridized carbons (Fsp3) is 0.364. The van der Waals surface area contributed by atoms with Gasteiger partial charge in [0.25, 0.3) is 5.91 Å². The molecule has 1 unspecified atom stereocenters. The maximum absolute atomic E-state index is 12.8. The summed E-state index contributed by atoms with van der Waals surface area (Å²) in [4.78, 5) is 26.9. The van der Waals surface area contributed by atoms with Crippen molar-refractivity contribution in [3.63, 3.8) is 0 Å². The molecule has 1 aliphatic heterocycles. The van der Waals surface area contributed by atoms with E-state index < -0.39 is 0 Å². The highest BCUT2D eigenvalue weighted by Crippen LogP contribution is 2.20. The van der Waals surface area contributed by atoms with E-state index in [1.54, 1.807) is 12.1 Å². The molecule has 6 heteroatoms.